The second-order valence-electron chi connectivity index (χ2n) is 5.49. The van der Waals surface area contributed by atoms with E-state index in [-0.39, 0.29) is 11.4 Å². The Balaban J connectivity index is 1.76. The number of hydrogen-bond acceptors (Lipinski definition) is 6. The SMILES string of the molecule is COc1ccc(OC)c(-c2cc(C(=O)N/N=C\c3ccccc3O)[nH]n2)c1. The monoisotopic (exact) mass is 366 g/mol. The van der Waals surface area contributed by atoms with Crippen molar-refractivity contribution in [3.05, 3.63) is 59.8 Å². The number of benzene rings is 2. The number of phenols is 1. The summed E-state index contributed by atoms with van der Waals surface area (Å²) in [5.74, 6) is 0.852. The van der Waals surface area contributed by atoms with Crippen molar-refractivity contribution < 1.29 is 19.4 Å². The van der Waals surface area contributed by atoms with Gasteiger partial charge in [0.05, 0.1) is 26.1 Å². The predicted octanol–water partition coefficient (Wildman–Crippen LogP) is 2.56. The zero-order valence-electron chi connectivity index (χ0n) is 14.8. The summed E-state index contributed by atoms with van der Waals surface area (Å²) in [5, 5.41) is 20.3. The van der Waals surface area contributed by atoms with Crippen LogP contribution in [0.15, 0.2) is 53.6 Å². The van der Waals surface area contributed by atoms with E-state index in [2.05, 4.69) is 20.7 Å². The van der Waals surface area contributed by atoms with Gasteiger partial charge in [0.1, 0.15) is 22.9 Å². The minimum atomic E-state index is -0.470. The van der Waals surface area contributed by atoms with Crippen LogP contribution in [0.3, 0.4) is 0 Å². The van der Waals surface area contributed by atoms with Crippen LogP contribution in [0, 0.1) is 0 Å². The first-order valence-corrected chi connectivity index (χ1v) is 8.01. The molecule has 3 aromatic rings. The molecule has 0 bridgehead atoms. The van der Waals surface area contributed by atoms with Gasteiger partial charge in [0.2, 0.25) is 0 Å². The summed E-state index contributed by atoms with van der Waals surface area (Å²) in [7, 11) is 3.12. The fourth-order valence-corrected chi connectivity index (χ4v) is 2.41. The van der Waals surface area contributed by atoms with E-state index in [1.54, 1.807) is 56.7 Å². The minimum Gasteiger partial charge on any atom is -0.507 e. The molecular formula is C19H18N4O4. The third-order valence-corrected chi connectivity index (χ3v) is 3.81. The molecule has 0 aliphatic heterocycles. The summed E-state index contributed by atoms with van der Waals surface area (Å²) < 4.78 is 10.6. The van der Waals surface area contributed by atoms with E-state index in [1.165, 1.54) is 12.3 Å². The van der Waals surface area contributed by atoms with Gasteiger partial charge in [-0.1, -0.05) is 12.1 Å². The lowest BCUT2D eigenvalue weighted by Crippen LogP contribution is -2.18. The molecule has 0 aliphatic rings. The molecule has 0 saturated carbocycles. The van der Waals surface area contributed by atoms with Crippen LogP contribution in [-0.2, 0) is 0 Å². The smallest absolute Gasteiger partial charge is 0.289 e. The number of ether oxygens (including phenoxy) is 2. The zero-order valence-corrected chi connectivity index (χ0v) is 14.8. The number of carbonyl (C=O) groups is 1. The van der Waals surface area contributed by atoms with E-state index < -0.39 is 5.91 Å². The second kappa shape index (κ2) is 8.05. The van der Waals surface area contributed by atoms with E-state index in [1.807, 2.05) is 0 Å². The van der Waals surface area contributed by atoms with Crippen LogP contribution in [0.5, 0.6) is 17.2 Å². The van der Waals surface area contributed by atoms with Crippen LogP contribution in [0.1, 0.15) is 16.1 Å². The molecule has 8 nitrogen and oxygen atoms in total. The summed E-state index contributed by atoms with van der Waals surface area (Å²) in [5.41, 5.74) is 4.31. The molecule has 0 spiro atoms. The zero-order chi connectivity index (χ0) is 19.2. The van der Waals surface area contributed by atoms with E-state index in [0.29, 0.717) is 28.3 Å². The van der Waals surface area contributed by atoms with Crippen molar-refractivity contribution in [1.82, 2.24) is 15.6 Å². The Kier molecular flexibility index (Phi) is 5.36. The van der Waals surface area contributed by atoms with Crippen LogP contribution in [-0.4, -0.2) is 41.6 Å². The van der Waals surface area contributed by atoms with E-state index >= 15 is 0 Å². The second-order valence-corrected chi connectivity index (χ2v) is 5.49. The number of aromatic amines is 1. The highest BCUT2D eigenvalue weighted by Gasteiger charge is 2.14. The van der Waals surface area contributed by atoms with Gasteiger partial charge in [-0.15, -0.1) is 0 Å². The van der Waals surface area contributed by atoms with Crippen molar-refractivity contribution >= 4 is 12.1 Å². The van der Waals surface area contributed by atoms with Crippen LogP contribution in [0.4, 0.5) is 0 Å². The first-order chi connectivity index (χ1) is 13.1. The number of phenolic OH excluding ortho intramolecular Hbond substituents is 1. The number of nitrogens with zero attached hydrogens (tertiary/aromatic N) is 2. The van der Waals surface area contributed by atoms with Crippen molar-refractivity contribution in [2.45, 2.75) is 0 Å². The summed E-state index contributed by atoms with van der Waals surface area (Å²) in [6.45, 7) is 0. The molecule has 1 aromatic heterocycles. The molecule has 0 saturated heterocycles. The van der Waals surface area contributed by atoms with E-state index in [9.17, 15) is 9.90 Å². The van der Waals surface area contributed by atoms with E-state index in [0.717, 1.165) is 0 Å². The van der Waals surface area contributed by atoms with Gasteiger partial charge in [-0.2, -0.15) is 10.2 Å². The maximum absolute atomic E-state index is 12.2. The highest BCUT2D eigenvalue weighted by molar-refractivity contribution is 5.94. The quantitative estimate of drug-likeness (QED) is 0.459. The topological polar surface area (TPSA) is 109 Å². The van der Waals surface area contributed by atoms with Crippen molar-refractivity contribution in [3.63, 3.8) is 0 Å². The third-order valence-electron chi connectivity index (χ3n) is 3.81. The Morgan fingerprint density at radius 3 is 2.74 bits per heavy atom. The third kappa shape index (κ3) is 4.06. The number of hydrogen-bond donors (Lipinski definition) is 3. The van der Waals surface area contributed by atoms with Gasteiger partial charge in [-0.3, -0.25) is 9.89 Å². The molecule has 0 unspecified atom stereocenters. The first kappa shape index (κ1) is 18.0. The average Bonchev–Trinajstić information content (AvgIpc) is 3.19. The van der Waals surface area contributed by atoms with Crippen LogP contribution < -0.4 is 14.9 Å². The molecular weight excluding hydrogens is 348 g/mol. The number of nitrogens with one attached hydrogen (secondary N) is 2. The minimum absolute atomic E-state index is 0.0736. The molecule has 0 atom stereocenters. The molecule has 1 amide bonds. The first-order valence-electron chi connectivity index (χ1n) is 8.01. The normalized spacial score (nSPS) is 10.7. The number of hydrazone groups is 1. The lowest BCUT2D eigenvalue weighted by atomic mass is 10.1. The average molecular weight is 366 g/mol. The molecule has 3 rings (SSSR count). The summed E-state index contributed by atoms with van der Waals surface area (Å²) in [4.78, 5) is 12.2. The maximum Gasteiger partial charge on any atom is 0.289 e. The fourth-order valence-electron chi connectivity index (χ4n) is 2.41. The number of aromatic nitrogens is 2. The Labute approximate surface area is 155 Å². The summed E-state index contributed by atoms with van der Waals surface area (Å²) in [6.07, 6.45) is 1.36. The number of amides is 1. The molecule has 27 heavy (non-hydrogen) atoms. The van der Waals surface area contributed by atoms with Gasteiger partial charge in [-0.25, -0.2) is 5.43 Å². The summed E-state index contributed by atoms with van der Waals surface area (Å²) >= 11 is 0. The number of methoxy groups -OCH3 is 2. The van der Waals surface area contributed by atoms with Crippen molar-refractivity contribution in [3.8, 4) is 28.5 Å². The highest BCUT2D eigenvalue weighted by Crippen LogP contribution is 2.32. The van der Waals surface area contributed by atoms with Gasteiger partial charge >= 0.3 is 0 Å². The molecule has 2 aromatic carbocycles. The number of para-hydroxylation sites is 1. The Hall–Kier alpha value is -3.81. The maximum atomic E-state index is 12.2. The van der Waals surface area contributed by atoms with Gasteiger partial charge in [-0.05, 0) is 36.4 Å². The Morgan fingerprint density at radius 2 is 2.00 bits per heavy atom. The molecule has 138 valence electrons. The van der Waals surface area contributed by atoms with Gasteiger partial charge in [0.25, 0.3) is 5.91 Å². The molecule has 0 aliphatic carbocycles. The highest BCUT2D eigenvalue weighted by atomic mass is 16.5. The van der Waals surface area contributed by atoms with Crippen LogP contribution in [0.25, 0.3) is 11.3 Å². The molecule has 1 heterocycles. The largest absolute Gasteiger partial charge is 0.507 e. The van der Waals surface area contributed by atoms with Gasteiger partial charge in [0, 0.05) is 11.1 Å². The van der Waals surface area contributed by atoms with Crippen molar-refractivity contribution in [1.29, 1.82) is 0 Å². The van der Waals surface area contributed by atoms with Crippen molar-refractivity contribution in [2.24, 2.45) is 5.10 Å². The Bertz CT molecular complexity index is 981. The molecule has 3 N–H and O–H groups in total. The lowest BCUT2D eigenvalue weighted by molar-refractivity contribution is 0.0950. The van der Waals surface area contributed by atoms with Gasteiger partial charge in [0.15, 0.2) is 0 Å². The Morgan fingerprint density at radius 1 is 1.19 bits per heavy atom. The standard InChI is InChI=1S/C19H18N4O4/c1-26-13-7-8-18(27-2)14(9-13)15-10-16(22-21-15)19(25)23-20-11-12-5-3-4-6-17(12)24/h3-11,24H,1-2H3,(H,21,22)(H,23,25)/b20-11-. The molecule has 0 fully saturated rings. The van der Waals surface area contributed by atoms with Gasteiger partial charge < -0.3 is 14.6 Å². The number of aromatic hydroxyl groups is 1. The summed E-state index contributed by atoms with van der Waals surface area (Å²) in [6, 6.07) is 13.6. The number of H-pyrrole nitrogens is 1. The number of carbonyl (C=O) groups excluding carboxylic acids is 1. The van der Waals surface area contributed by atoms with Crippen molar-refractivity contribution in [2.75, 3.05) is 14.2 Å². The predicted molar refractivity (Wildman–Crippen MR) is 100 cm³/mol. The fraction of sp³-hybridized carbons (Fsp3) is 0.105. The number of rotatable bonds is 6. The molecule has 8 heteroatoms. The van der Waals surface area contributed by atoms with E-state index in [4.69, 9.17) is 9.47 Å². The molecule has 0 radical (unpaired) electrons. The van der Waals surface area contributed by atoms with Crippen LogP contribution >= 0.6 is 0 Å². The lowest BCUT2D eigenvalue weighted by Gasteiger charge is -2.08. The van der Waals surface area contributed by atoms with Crippen LogP contribution in [0.2, 0.25) is 0 Å².